The minimum absolute atomic E-state index is 0.730. The Morgan fingerprint density at radius 2 is 1.86 bits per heavy atom. The van der Waals surface area contributed by atoms with Crippen LogP contribution in [-0.4, -0.2) is 21.2 Å². The lowest BCUT2D eigenvalue weighted by Crippen LogP contribution is -2.08. The van der Waals surface area contributed by atoms with Gasteiger partial charge in [-0.25, -0.2) is 15.0 Å². The van der Waals surface area contributed by atoms with E-state index in [1.807, 2.05) is 40.0 Å². The fourth-order valence-electron chi connectivity index (χ4n) is 1.30. The van der Waals surface area contributed by atoms with Crippen molar-refractivity contribution in [1.29, 1.82) is 0 Å². The second kappa shape index (κ2) is 11.6. The molecular weight excluding hydrogens is 340 g/mol. The number of rotatable bonds is 6. The van der Waals surface area contributed by atoms with Crippen LogP contribution in [0.3, 0.4) is 0 Å². The van der Waals surface area contributed by atoms with Crippen molar-refractivity contribution in [2.45, 2.75) is 27.7 Å². The molecule has 0 aliphatic rings. The maximum absolute atomic E-state index is 4.39. The van der Waals surface area contributed by atoms with E-state index in [-0.39, 0.29) is 0 Å². The van der Waals surface area contributed by atoms with Gasteiger partial charge in [0.05, 0.1) is 11.9 Å². The van der Waals surface area contributed by atoms with Gasteiger partial charge in [0.25, 0.3) is 0 Å². The third kappa shape index (κ3) is 7.69. The highest BCUT2D eigenvalue weighted by atomic mass is 79.9. The quantitative estimate of drug-likeness (QED) is 0.408. The van der Waals surface area contributed by atoms with E-state index in [1.165, 1.54) is 0 Å². The SMILES string of the molecule is C=C/C=C(\C=C)N(/C=C(\C)Br)/N=C/c1cnc(C)nc1.CC. The third-order valence-electron chi connectivity index (χ3n) is 2.19. The van der Waals surface area contributed by atoms with Crippen molar-refractivity contribution in [3.8, 4) is 0 Å². The maximum Gasteiger partial charge on any atom is 0.125 e. The molecule has 4 nitrogen and oxygen atoms in total. The van der Waals surface area contributed by atoms with Gasteiger partial charge in [-0.05, 0) is 26.0 Å². The molecule has 0 unspecified atom stereocenters. The highest BCUT2D eigenvalue weighted by Gasteiger charge is 2.01. The highest BCUT2D eigenvalue weighted by Crippen LogP contribution is 2.13. The predicted molar refractivity (Wildman–Crippen MR) is 98.7 cm³/mol. The zero-order valence-electron chi connectivity index (χ0n) is 13.6. The Hall–Kier alpha value is -2.01. The van der Waals surface area contributed by atoms with E-state index in [2.05, 4.69) is 44.2 Å². The van der Waals surface area contributed by atoms with Crippen LogP contribution in [0.4, 0.5) is 0 Å². The molecule has 0 aliphatic heterocycles. The Balaban J connectivity index is 0.00000211. The molecule has 118 valence electrons. The molecule has 1 heterocycles. The zero-order chi connectivity index (χ0) is 17.0. The number of halogens is 1. The van der Waals surface area contributed by atoms with Crippen molar-refractivity contribution >= 4 is 22.1 Å². The number of hydrogen-bond acceptors (Lipinski definition) is 4. The van der Waals surface area contributed by atoms with Crippen molar-refractivity contribution in [1.82, 2.24) is 15.0 Å². The van der Waals surface area contributed by atoms with E-state index >= 15 is 0 Å². The summed E-state index contributed by atoms with van der Waals surface area (Å²) >= 11 is 3.39. The monoisotopic (exact) mass is 362 g/mol. The van der Waals surface area contributed by atoms with Gasteiger partial charge in [0.2, 0.25) is 0 Å². The maximum atomic E-state index is 4.39. The molecule has 1 aromatic heterocycles. The van der Waals surface area contributed by atoms with Crippen molar-refractivity contribution < 1.29 is 0 Å². The molecule has 0 saturated carbocycles. The van der Waals surface area contributed by atoms with E-state index in [9.17, 15) is 0 Å². The molecule has 0 fully saturated rings. The molecule has 22 heavy (non-hydrogen) atoms. The molecule has 0 spiro atoms. The first-order chi connectivity index (χ1) is 10.6. The summed E-state index contributed by atoms with van der Waals surface area (Å²) < 4.78 is 0.937. The van der Waals surface area contributed by atoms with Crippen LogP contribution >= 0.6 is 15.9 Å². The minimum Gasteiger partial charge on any atom is -0.241 e. The summed E-state index contributed by atoms with van der Waals surface area (Å²) in [4.78, 5) is 8.25. The first kappa shape index (κ1) is 20.0. The second-order valence-corrected chi connectivity index (χ2v) is 5.15. The van der Waals surface area contributed by atoms with Crippen molar-refractivity contribution in [3.63, 3.8) is 0 Å². The minimum atomic E-state index is 0.730. The molecular formula is C17H23BrN4. The van der Waals surface area contributed by atoms with Gasteiger partial charge in [-0.1, -0.05) is 49.0 Å². The van der Waals surface area contributed by atoms with E-state index in [4.69, 9.17) is 0 Å². The Bertz CT molecular complexity index is 553. The summed E-state index contributed by atoms with van der Waals surface area (Å²) in [6.07, 6.45) is 12.2. The topological polar surface area (TPSA) is 41.4 Å². The largest absolute Gasteiger partial charge is 0.241 e. The number of nitrogens with zero attached hydrogens (tertiary/aromatic N) is 4. The smallest absolute Gasteiger partial charge is 0.125 e. The molecule has 0 amide bonds. The van der Waals surface area contributed by atoms with E-state index in [0.29, 0.717) is 0 Å². The van der Waals surface area contributed by atoms with Crippen LogP contribution in [0.5, 0.6) is 0 Å². The molecule has 0 saturated heterocycles. The van der Waals surface area contributed by atoms with Crippen molar-refractivity contribution in [2.75, 3.05) is 0 Å². The lowest BCUT2D eigenvalue weighted by atomic mass is 10.3. The van der Waals surface area contributed by atoms with Gasteiger partial charge >= 0.3 is 0 Å². The first-order valence-corrected chi connectivity index (χ1v) is 7.77. The van der Waals surface area contributed by atoms with Crippen LogP contribution < -0.4 is 0 Å². The van der Waals surface area contributed by atoms with Crippen LogP contribution in [0.1, 0.15) is 32.2 Å². The van der Waals surface area contributed by atoms with Crippen molar-refractivity contribution in [2.24, 2.45) is 5.10 Å². The first-order valence-electron chi connectivity index (χ1n) is 6.97. The second-order valence-electron chi connectivity index (χ2n) is 3.90. The van der Waals surface area contributed by atoms with Crippen LogP contribution in [0.25, 0.3) is 0 Å². The van der Waals surface area contributed by atoms with Gasteiger partial charge in [-0.3, -0.25) is 0 Å². The van der Waals surface area contributed by atoms with Gasteiger partial charge in [0, 0.05) is 28.6 Å². The molecule has 0 aliphatic carbocycles. The average molecular weight is 363 g/mol. The van der Waals surface area contributed by atoms with Crippen LogP contribution in [0.2, 0.25) is 0 Å². The van der Waals surface area contributed by atoms with Crippen LogP contribution in [0.15, 0.2) is 65.3 Å². The summed E-state index contributed by atoms with van der Waals surface area (Å²) in [5.74, 6) is 0.730. The Morgan fingerprint density at radius 1 is 1.27 bits per heavy atom. The third-order valence-corrected chi connectivity index (χ3v) is 2.40. The van der Waals surface area contributed by atoms with Gasteiger partial charge in [-0.2, -0.15) is 5.10 Å². The molecule has 0 atom stereocenters. The van der Waals surface area contributed by atoms with E-state index in [1.54, 1.807) is 35.8 Å². The fraction of sp³-hybridized carbons (Fsp3) is 0.235. The van der Waals surface area contributed by atoms with Crippen molar-refractivity contribution in [3.05, 3.63) is 71.5 Å². The number of aromatic nitrogens is 2. The molecule has 0 aromatic carbocycles. The fourth-order valence-corrected chi connectivity index (χ4v) is 1.49. The lowest BCUT2D eigenvalue weighted by molar-refractivity contribution is 0.516. The van der Waals surface area contributed by atoms with Gasteiger partial charge in [-0.15, -0.1) is 0 Å². The molecule has 0 bridgehead atoms. The Kier molecular flexibility index (Phi) is 10.6. The van der Waals surface area contributed by atoms with Gasteiger partial charge in [0.1, 0.15) is 5.82 Å². The number of hydrogen-bond donors (Lipinski definition) is 0. The molecule has 1 aromatic rings. The Labute approximate surface area is 141 Å². The number of aryl methyl sites for hydroxylation is 1. The number of hydrazone groups is 1. The average Bonchev–Trinajstić information content (AvgIpc) is 2.52. The standard InChI is InChI=1S/C15H17BrN4.C2H6/c1-5-7-15(6-2)20(11-12(3)16)19-10-14-8-17-13(4)18-9-14;1-2/h5-11H,1-2H2,3-4H3;1-2H3/b12-11+,15-7+,19-10+;. The molecule has 5 heteroatoms. The Morgan fingerprint density at radius 3 is 2.32 bits per heavy atom. The predicted octanol–water partition coefficient (Wildman–Crippen LogP) is 4.96. The zero-order valence-corrected chi connectivity index (χ0v) is 15.2. The van der Waals surface area contributed by atoms with E-state index < -0.39 is 0 Å². The summed E-state index contributed by atoms with van der Waals surface area (Å²) in [6, 6.07) is 0. The summed E-state index contributed by atoms with van der Waals surface area (Å²) in [5, 5.41) is 6.08. The summed E-state index contributed by atoms with van der Waals surface area (Å²) in [5.41, 5.74) is 1.63. The highest BCUT2D eigenvalue weighted by molar-refractivity contribution is 9.11. The lowest BCUT2D eigenvalue weighted by Gasteiger charge is -2.15. The van der Waals surface area contributed by atoms with Gasteiger partial charge < -0.3 is 0 Å². The normalized spacial score (nSPS) is 11.7. The van der Waals surface area contributed by atoms with E-state index in [0.717, 1.165) is 21.6 Å². The molecule has 1 rings (SSSR count). The number of allylic oxidation sites excluding steroid dienone is 4. The van der Waals surface area contributed by atoms with Crippen LogP contribution in [-0.2, 0) is 0 Å². The van der Waals surface area contributed by atoms with Crippen LogP contribution in [0, 0.1) is 6.92 Å². The van der Waals surface area contributed by atoms with Gasteiger partial charge in [0.15, 0.2) is 0 Å². The summed E-state index contributed by atoms with van der Waals surface area (Å²) in [6.45, 7) is 15.2. The summed E-state index contributed by atoms with van der Waals surface area (Å²) in [7, 11) is 0. The molecule has 0 N–H and O–H groups in total. The molecule has 0 radical (unpaired) electrons.